The van der Waals surface area contributed by atoms with Crippen LogP contribution in [0.15, 0.2) is 97.1 Å². The van der Waals surface area contributed by atoms with E-state index in [1.807, 2.05) is 24.3 Å². The van der Waals surface area contributed by atoms with Gasteiger partial charge in [0.25, 0.3) is 11.4 Å². The molecule has 0 bridgehead atoms. The highest BCUT2D eigenvalue weighted by Gasteiger charge is 2.10. The number of nitrogens with zero attached hydrogens (tertiary/aromatic N) is 2. The largest absolute Gasteiger partial charge is 0.323 e. The Labute approximate surface area is 222 Å². The summed E-state index contributed by atoms with van der Waals surface area (Å²) in [6.07, 6.45) is 0.611. The second-order valence-corrected chi connectivity index (χ2v) is 8.34. The first-order valence-electron chi connectivity index (χ1n) is 11.6. The highest BCUT2D eigenvalue weighted by molar-refractivity contribution is 6.00. The Morgan fingerprint density at radius 3 is 1.26 bits per heavy atom. The van der Waals surface area contributed by atoms with Gasteiger partial charge in [-0.1, -0.05) is 36.4 Å². The summed E-state index contributed by atoms with van der Waals surface area (Å²) in [5, 5.41) is 32.3. The lowest BCUT2D eigenvalue weighted by Gasteiger charge is -2.10. The molecular formula is C27H22N6O6. The third-order valence-corrected chi connectivity index (χ3v) is 5.46. The molecule has 12 heteroatoms. The zero-order chi connectivity index (χ0) is 27.8. The zero-order valence-corrected chi connectivity index (χ0v) is 20.3. The van der Waals surface area contributed by atoms with Gasteiger partial charge in [-0.05, 0) is 53.9 Å². The van der Waals surface area contributed by atoms with Gasteiger partial charge < -0.3 is 21.3 Å². The van der Waals surface area contributed by atoms with Gasteiger partial charge in [0.1, 0.15) is 0 Å². The van der Waals surface area contributed by atoms with Crippen molar-refractivity contribution in [3.05, 3.63) is 128 Å². The van der Waals surface area contributed by atoms with Crippen LogP contribution in [0.2, 0.25) is 0 Å². The number of carbonyl (C=O) groups is 2. The van der Waals surface area contributed by atoms with Crippen LogP contribution in [0, 0.1) is 20.2 Å². The summed E-state index contributed by atoms with van der Waals surface area (Å²) in [7, 11) is 0. The average molecular weight is 527 g/mol. The molecule has 0 spiro atoms. The first kappa shape index (κ1) is 26.3. The Bertz CT molecular complexity index is 1410. The number of urea groups is 2. The monoisotopic (exact) mass is 526 g/mol. The first-order valence-corrected chi connectivity index (χ1v) is 11.6. The third kappa shape index (κ3) is 7.60. The number of non-ortho nitro benzene ring substituents is 2. The zero-order valence-electron chi connectivity index (χ0n) is 20.3. The van der Waals surface area contributed by atoms with Gasteiger partial charge in [-0.2, -0.15) is 0 Å². The molecule has 0 aliphatic carbocycles. The molecule has 4 aromatic rings. The Balaban J connectivity index is 1.27. The number of rotatable bonds is 8. The molecule has 4 rings (SSSR count). The predicted octanol–water partition coefficient (Wildman–Crippen LogP) is 6.38. The molecule has 4 aromatic carbocycles. The van der Waals surface area contributed by atoms with Crippen molar-refractivity contribution in [1.29, 1.82) is 0 Å². The highest BCUT2D eigenvalue weighted by Crippen LogP contribution is 2.20. The van der Waals surface area contributed by atoms with Crippen LogP contribution >= 0.6 is 0 Å². The number of nitro benzene ring substituents is 2. The minimum absolute atomic E-state index is 0.121. The number of amides is 4. The van der Waals surface area contributed by atoms with Gasteiger partial charge in [0.05, 0.1) is 9.85 Å². The lowest BCUT2D eigenvalue weighted by molar-refractivity contribution is -0.385. The van der Waals surface area contributed by atoms with Crippen molar-refractivity contribution in [3.8, 4) is 0 Å². The molecule has 196 valence electrons. The Morgan fingerprint density at radius 1 is 0.538 bits per heavy atom. The fourth-order valence-electron chi connectivity index (χ4n) is 3.63. The van der Waals surface area contributed by atoms with Gasteiger partial charge >= 0.3 is 12.1 Å². The summed E-state index contributed by atoms with van der Waals surface area (Å²) in [6.45, 7) is 0. The summed E-state index contributed by atoms with van der Waals surface area (Å²) >= 11 is 0. The standard InChI is InChI=1S/C27H22N6O6/c34-26(30-22-3-1-5-24(16-22)32(36)37)28-20-11-7-18(8-12-20)15-19-9-13-21(14-10-19)29-27(35)31-23-4-2-6-25(17-23)33(38)39/h1-14,16-17H,15H2,(H2,28,30,34)(H2,29,31,35). The van der Waals surface area contributed by atoms with Crippen LogP contribution in [-0.4, -0.2) is 21.9 Å². The second kappa shape index (κ2) is 12.0. The van der Waals surface area contributed by atoms with E-state index in [2.05, 4.69) is 21.3 Å². The summed E-state index contributed by atoms with van der Waals surface area (Å²) in [5.41, 5.74) is 3.45. The Kier molecular flexibility index (Phi) is 8.07. The molecule has 0 heterocycles. The number of nitro groups is 2. The minimum Gasteiger partial charge on any atom is -0.308 e. The molecular weight excluding hydrogens is 504 g/mol. The number of hydrogen-bond donors (Lipinski definition) is 4. The van der Waals surface area contributed by atoms with Gasteiger partial charge in [-0.3, -0.25) is 20.2 Å². The number of anilines is 4. The van der Waals surface area contributed by atoms with E-state index in [4.69, 9.17) is 0 Å². The Morgan fingerprint density at radius 2 is 0.897 bits per heavy atom. The van der Waals surface area contributed by atoms with Gasteiger partial charge in [0, 0.05) is 47.0 Å². The molecule has 0 saturated carbocycles. The summed E-state index contributed by atoms with van der Waals surface area (Å²) in [6, 6.07) is 24.7. The smallest absolute Gasteiger partial charge is 0.308 e. The van der Waals surface area contributed by atoms with Crippen LogP contribution in [0.3, 0.4) is 0 Å². The molecule has 0 aliphatic heterocycles. The van der Waals surface area contributed by atoms with Gasteiger partial charge in [0.2, 0.25) is 0 Å². The minimum atomic E-state index is -0.536. The molecule has 39 heavy (non-hydrogen) atoms. The fourth-order valence-corrected chi connectivity index (χ4v) is 3.63. The molecule has 0 aromatic heterocycles. The van der Waals surface area contributed by atoms with E-state index < -0.39 is 21.9 Å². The first-order chi connectivity index (χ1) is 18.7. The van der Waals surface area contributed by atoms with E-state index in [0.29, 0.717) is 29.2 Å². The SMILES string of the molecule is O=C(Nc1ccc(Cc2ccc(NC(=O)Nc3cccc([N+](=O)[O-])c3)cc2)cc1)Nc1cccc([N+](=O)[O-])c1. The maximum absolute atomic E-state index is 12.2. The van der Waals surface area contributed by atoms with Crippen molar-refractivity contribution < 1.29 is 19.4 Å². The quantitative estimate of drug-likeness (QED) is 0.153. The number of hydrogen-bond acceptors (Lipinski definition) is 6. The number of benzene rings is 4. The number of nitrogens with one attached hydrogen (secondary N) is 4. The van der Waals surface area contributed by atoms with Gasteiger partial charge in [-0.15, -0.1) is 0 Å². The van der Waals surface area contributed by atoms with Crippen molar-refractivity contribution in [3.63, 3.8) is 0 Å². The van der Waals surface area contributed by atoms with Crippen molar-refractivity contribution >= 4 is 46.2 Å². The Hall–Kier alpha value is -5.78. The topological polar surface area (TPSA) is 169 Å². The molecule has 0 unspecified atom stereocenters. The second-order valence-electron chi connectivity index (χ2n) is 8.34. The summed E-state index contributed by atoms with van der Waals surface area (Å²) in [4.78, 5) is 45.2. The van der Waals surface area contributed by atoms with Crippen LogP contribution in [0.4, 0.5) is 43.7 Å². The van der Waals surface area contributed by atoms with Crippen LogP contribution < -0.4 is 21.3 Å². The molecule has 0 radical (unpaired) electrons. The van der Waals surface area contributed by atoms with E-state index >= 15 is 0 Å². The van der Waals surface area contributed by atoms with Crippen LogP contribution in [0.25, 0.3) is 0 Å². The van der Waals surface area contributed by atoms with E-state index in [9.17, 15) is 29.8 Å². The van der Waals surface area contributed by atoms with Crippen molar-refractivity contribution in [2.75, 3.05) is 21.3 Å². The third-order valence-electron chi connectivity index (χ3n) is 5.46. The average Bonchev–Trinajstić information content (AvgIpc) is 2.91. The molecule has 4 amide bonds. The maximum atomic E-state index is 12.2. The fraction of sp³-hybridized carbons (Fsp3) is 0.0370. The molecule has 0 fully saturated rings. The van der Waals surface area contributed by atoms with Crippen LogP contribution in [0.1, 0.15) is 11.1 Å². The van der Waals surface area contributed by atoms with E-state index in [1.165, 1.54) is 36.4 Å². The lowest BCUT2D eigenvalue weighted by atomic mass is 10.0. The van der Waals surface area contributed by atoms with Gasteiger partial charge in [-0.25, -0.2) is 9.59 Å². The summed E-state index contributed by atoms with van der Waals surface area (Å²) < 4.78 is 0. The van der Waals surface area contributed by atoms with Crippen LogP contribution in [-0.2, 0) is 6.42 Å². The van der Waals surface area contributed by atoms with Crippen molar-refractivity contribution in [2.45, 2.75) is 6.42 Å². The predicted molar refractivity (Wildman–Crippen MR) is 147 cm³/mol. The lowest BCUT2D eigenvalue weighted by Crippen LogP contribution is -2.19. The van der Waals surface area contributed by atoms with Crippen LogP contribution in [0.5, 0.6) is 0 Å². The molecule has 4 N–H and O–H groups in total. The maximum Gasteiger partial charge on any atom is 0.323 e. The normalized spacial score (nSPS) is 10.3. The molecule has 0 aliphatic rings. The van der Waals surface area contributed by atoms with Crippen molar-refractivity contribution in [2.24, 2.45) is 0 Å². The van der Waals surface area contributed by atoms with E-state index in [-0.39, 0.29) is 11.4 Å². The van der Waals surface area contributed by atoms with Crippen molar-refractivity contribution in [1.82, 2.24) is 0 Å². The van der Waals surface area contributed by atoms with E-state index in [1.54, 1.807) is 36.4 Å². The highest BCUT2D eigenvalue weighted by atomic mass is 16.6. The van der Waals surface area contributed by atoms with E-state index in [0.717, 1.165) is 11.1 Å². The molecule has 12 nitrogen and oxygen atoms in total. The van der Waals surface area contributed by atoms with Gasteiger partial charge in [0.15, 0.2) is 0 Å². The molecule has 0 saturated heterocycles. The summed E-state index contributed by atoms with van der Waals surface area (Å²) in [5.74, 6) is 0. The number of carbonyl (C=O) groups excluding carboxylic acids is 2. The molecule has 0 atom stereocenters.